The Hall–Kier alpha value is -2.38. The van der Waals surface area contributed by atoms with E-state index in [1.54, 1.807) is 11.0 Å². The van der Waals surface area contributed by atoms with E-state index in [1.807, 2.05) is 31.2 Å². The van der Waals surface area contributed by atoms with Crippen molar-refractivity contribution in [1.82, 2.24) is 4.90 Å². The molecule has 0 spiro atoms. The van der Waals surface area contributed by atoms with Crippen molar-refractivity contribution in [1.29, 1.82) is 0 Å². The number of carbonyl (C=O) groups is 1. The fraction of sp³-hybridized carbons (Fsp3) is 0.524. The second-order valence-corrected chi connectivity index (χ2v) is 6.95. The Bertz CT molecular complexity index is 712. The summed E-state index contributed by atoms with van der Waals surface area (Å²) in [5.74, 6) is 1.13. The molecular formula is C21H28N2O5. The molecule has 1 aromatic rings. The summed E-state index contributed by atoms with van der Waals surface area (Å²) in [5, 5.41) is 8.83. The van der Waals surface area contributed by atoms with E-state index in [4.69, 9.17) is 24.3 Å². The van der Waals surface area contributed by atoms with Gasteiger partial charge in [0.2, 0.25) is 5.90 Å². The van der Waals surface area contributed by atoms with Crippen LogP contribution in [0.3, 0.4) is 0 Å². The Morgan fingerprint density at radius 1 is 1.39 bits per heavy atom. The van der Waals surface area contributed by atoms with Gasteiger partial charge in [-0.2, -0.15) is 0 Å². The molecule has 1 amide bonds. The van der Waals surface area contributed by atoms with Gasteiger partial charge in [-0.25, -0.2) is 4.99 Å². The molecule has 0 bridgehead atoms. The van der Waals surface area contributed by atoms with E-state index in [1.165, 1.54) is 0 Å². The number of nitrogens with zero attached hydrogens (tertiary/aromatic N) is 2. The molecule has 3 rings (SSSR count). The largest absolute Gasteiger partial charge is 0.494 e. The number of ether oxygens (including phenoxy) is 3. The Balaban J connectivity index is 1.80. The van der Waals surface area contributed by atoms with Gasteiger partial charge < -0.3 is 24.2 Å². The summed E-state index contributed by atoms with van der Waals surface area (Å²) in [6.07, 6.45) is 2.33. The average Bonchev–Trinajstić information content (AvgIpc) is 3.06. The standard InChI is InChI=1S/C21H28N2O5/c1-3-9-21(20(25)23-10-14-26-15-11-23)16(2)28-19(22-21)17-5-7-18(8-6-17)27-13-4-12-24/h3,5-8,16,24H,1,4,9-15H2,2H3/t16-,21-/m1/s1. The summed E-state index contributed by atoms with van der Waals surface area (Å²) in [5.41, 5.74) is -0.202. The Kier molecular flexibility index (Phi) is 6.70. The van der Waals surface area contributed by atoms with E-state index in [-0.39, 0.29) is 12.5 Å². The molecule has 28 heavy (non-hydrogen) atoms. The van der Waals surface area contributed by atoms with Crippen LogP contribution in [0.2, 0.25) is 0 Å². The predicted octanol–water partition coefficient (Wildman–Crippen LogP) is 1.79. The van der Waals surface area contributed by atoms with Gasteiger partial charge in [0.25, 0.3) is 5.91 Å². The summed E-state index contributed by atoms with van der Waals surface area (Å²) in [6.45, 7) is 8.47. The van der Waals surface area contributed by atoms with Crippen LogP contribution in [0, 0.1) is 0 Å². The SMILES string of the molecule is C=CC[C@@]1(C(=O)N2CCOCC2)N=C(c2ccc(OCCCO)cc2)O[C@@H]1C. The maximum Gasteiger partial charge on any atom is 0.254 e. The van der Waals surface area contributed by atoms with Crippen molar-refractivity contribution < 1.29 is 24.1 Å². The van der Waals surface area contributed by atoms with Crippen LogP contribution < -0.4 is 4.74 Å². The number of hydrogen-bond acceptors (Lipinski definition) is 6. The smallest absolute Gasteiger partial charge is 0.254 e. The van der Waals surface area contributed by atoms with Crippen LogP contribution >= 0.6 is 0 Å². The van der Waals surface area contributed by atoms with Gasteiger partial charge >= 0.3 is 0 Å². The summed E-state index contributed by atoms with van der Waals surface area (Å²) in [6, 6.07) is 7.40. The number of benzene rings is 1. The maximum absolute atomic E-state index is 13.3. The highest BCUT2D eigenvalue weighted by atomic mass is 16.5. The summed E-state index contributed by atoms with van der Waals surface area (Å²) in [7, 11) is 0. The third-order valence-electron chi connectivity index (χ3n) is 5.06. The van der Waals surface area contributed by atoms with E-state index >= 15 is 0 Å². The summed E-state index contributed by atoms with van der Waals surface area (Å²) >= 11 is 0. The molecule has 2 aliphatic heterocycles. The quantitative estimate of drug-likeness (QED) is 0.542. The molecule has 1 saturated heterocycles. The highest BCUT2D eigenvalue weighted by molar-refractivity contribution is 6.00. The van der Waals surface area contributed by atoms with Crippen molar-refractivity contribution >= 4 is 11.8 Å². The normalized spacial score (nSPS) is 24.4. The van der Waals surface area contributed by atoms with Crippen molar-refractivity contribution in [2.45, 2.75) is 31.4 Å². The molecule has 2 atom stereocenters. The van der Waals surface area contributed by atoms with Gasteiger partial charge in [-0.15, -0.1) is 6.58 Å². The van der Waals surface area contributed by atoms with Crippen molar-refractivity contribution in [3.05, 3.63) is 42.5 Å². The van der Waals surface area contributed by atoms with E-state index < -0.39 is 11.6 Å². The topological polar surface area (TPSA) is 80.6 Å². The third-order valence-corrected chi connectivity index (χ3v) is 5.06. The fourth-order valence-corrected chi connectivity index (χ4v) is 3.43. The van der Waals surface area contributed by atoms with E-state index in [0.29, 0.717) is 57.4 Å². The van der Waals surface area contributed by atoms with Crippen LogP contribution in [0.1, 0.15) is 25.3 Å². The van der Waals surface area contributed by atoms with Crippen LogP contribution in [-0.4, -0.2) is 73.0 Å². The molecule has 0 unspecified atom stereocenters. The van der Waals surface area contributed by atoms with Crippen LogP contribution in [0.4, 0.5) is 0 Å². The van der Waals surface area contributed by atoms with E-state index in [2.05, 4.69) is 6.58 Å². The lowest BCUT2D eigenvalue weighted by molar-refractivity contribution is -0.143. The lowest BCUT2D eigenvalue weighted by Crippen LogP contribution is -2.55. The third kappa shape index (κ3) is 4.20. The van der Waals surface area contributed by atoms with Crippen LogP contribution in [0.25, 0.3) is 0 Å². The van der Waals surface area contributed by atoms with Crippen molar-refractivity contribution in [2.75, 3.05) is 39.5 Å². The van der Waals surface area contributed by atoms with Crippen LogP contribution in [0.15, 0.2) is 41.9 Å². The summed E-state index contributed by atoms with van der Waals surface area (Å²) < 4.78 is 16.9. The second kappa shape index (κ2) is 9.21. The van der Waals surface area contributed by atoms with Gasteiger partial charge in [0.05, 0.1) is 19.8 Å². The molecule has 0 saturated carbocycles. The first-order chi connectivity index (χ1) is 13.6. The molecule has 152 valence electrons. The molecule has 2 aliphatic rings. The van der Waals surface area contributed by atoms with Crippen molar-refractivity contribution in [2.24, 2.45) is 4.99 Å². The molecule has 7 nitrogen and oxygen atoms in total. The van der Waals surface area contributed by atoms with Gasteiger partial charge in [0.1, 0.15) is 11.9 Å². The molecule has 0 radical (unpaired) electrons. The minimum Gasteiger partial charge on any atom is -0.494 e. The van der Waals surface area contributed by atoms with Gasteiger partial charge in [0.15, 0.2) is 5.54 Å². The first-order valence-electron chi connectivity index (χ1n) is 9.69. The molecule has 1 aromatic carbocycles. The van der Waals surface area contributed by atoms with Gasteiger partial charge in [-0.3, -0.25) is 4.79 Å². The fourth-order valence-electron chi connectivity index (χ4n) is 3.43. The van der Waals surface area contributed by atoms with Gasteiger partial charge in [-0.05, 0) is 31.2 Å². The highest BCUT2D eigenvalue weighted by Gasteiger charge is 2.51. The number of rotatable bonds is 8. The van der Waals surface area contributed by atoms with E-state index in [9.17, 15) is 4.79 Å². The molecule has 1 N–H and O–H groups in total. The Labute approximate surface area is 165 Å². The number of amides is 1. The lowest BCUT2D eigenvalue weighted by Gasteiger charge is -2.35. The average molecular weight is 388 g/mol. The van der Waals surface area contributed by atoms with E-state index in [0.717, 1.165) is 5.56 Å². The number of aliphatic imine (C=N–C) groups is 1. The first-order valence-corrected chi connectivity index (χ1v) is 9.69. The molecule has 0 aliphatic carbocycles. The van der Waals surface area contributed by atoms with Crippen LogP contribution in [0.5, 0.6) is 5.75 Å². The van der Waals surface area contributed by atoms with Gasteiger partial charge in [0, 0.05) is 38.1 Å². The Morgan fingerprint density at radius 2 is 2.11 bits per heavy atom. The predicted molar refractivity (Wildman–Crippen MR) is 106 cm³/mol. The maximum atomic E-state index is 13.3. The first kappa shape index (κ1) is 20.4. The van der Waals surface area contributed by atoms with Crippen molar-refractivity contribution in [3.63, 3.8) is 0 Å². The Morgan fingerprint density at radius 3 is 2.75 bits per heavy atom. The van der Waals surface area contributed by atoms with Crippen molar-refractivity contribution in [3.8, 4) is 5.75 Å². The molecule has 0 aromatic heterocycles. The number of aliphatic hydroxyl groups excluding tert-OH is 1. The minimum atomic E-state index is -0.995. The number of carbonyl (C=O) groups excluding carboxylic acids is 1. The zero-order valence-electron chi connectivity index (χ0n) is 16.3. The van der Waals surface area contributed by atoms with Gasteiger partial charge in [-0.1, -0.05) is 6.08 Å². The number of hydrogen-bond donors (Lipinski definition) is 1. The number of aliphatic hydroxyl groups is 1. The molecule has 1 fully saturated rings. The molecule has 7 heteroatoms. The highest BCUT2D eigenvalue weighted by Crippen LogP contribution is 2.34. The number of morpholine rings is 1. The zero-order chi connectivity index (χ0) is 20.0. The minimum absolute atomic E-state index is 0.0397. The lowest BCUT2D eigenvalue weighted by atomic mass is 9.88. The molecular weight excluding hydrogens is 360 g/mol. The monoisotopic (exact) mass is 388 g/mol. The zero-order valence-corrected chi connectivity index (χ0v) is 16.3. The summed E-state index contributed by atoms with van der Waals surface area (Å²) in [4.78, 5) is 19.9. The second-order valence-electron chi connectivity index (χ2n) is 6.95. The molecule has 2 heterocycles. The van der Waals surface area contributed by atoms with Crippen LogP contribution in [-0.2, 0) is 14.3 Å².